The van der Waals surface area contributed by atoms with E-state index >= 15 is 0 Å². The number of carbonyl (C=O) groups is 2. The van der Waals surface area contributed by atoms with Crippen LogP contribution >= 0.6 is 0 Å². The van der Waals surface area contributed by atoms with Crippen molar-refractivity contribution in [1.29, 1.82) is 0 Å². The molecule has 0 aliphatic rings. The Labute approximate surface area is 227 Å². The number of alkyl halides is 6. The van der Waals surface area contributed by atoms with E-state index in [0.29, 0.717) is 13.8 Å². The van der Waals surface area contributed by atoms with Crippen molar-refractivity contribution in [2.24, 2.45) is 0 Å². The molecule has 41 heavy (non-hydrogen) atoms. The molecular formula is C22H12CuF12N2O4. The Morgan fingerprint density at radius 2 is 0.878 bits per heavy atom. The van der Waals surface area contributed by atoms with Gasteiger partial charge in [0.05, 0.1) is 0 Å². The van der Waals surface area contributed by atoms with Gasteiger partial charge >= 0.3 is 227 Å². The second kappa shape index (κ2) is 12.1. The van der Waals surface area contributed by atoms with Gasteiger partial charge in [0.15, 0.2) is 0 Å². The van der Waals surface area contributed by atoms with Crippen LogP contribution in [0.1, 0.15) is 50.2 Å². The van der Waals surface area contributed by atoms with Gasteiger partial charge in [0, 0.05) is 0 Å². The molecule has 0 aliphatic carbocycles. The number of ketones is 2. The minimum absolute atomic E-state index is 0.260. The Morgan fingerprint density at radius 1 is 0.585 bits per heavy atom. The number of allylic oxidation sites excluding steroid dienone is 4. The SMILES string of the molecule is CC(=O)/C(=C(/C)[O][Cu][O]/C(C)=C(\C(C)=O)c1c(F)c(F)nc(C(F)(F)F)c1F)c1c(F)c(F)nc(C(F)(F)F)c1F. The van der Waals surface area contributed by atoms with E-state index < -0.39 is 104 Å². The van der Waals surface area contributed by atoms with Crippen LogP contribution in [0, 0.1) is 35.2 Å². The molecular weight excluding hydrogens is 648 g/mol. The molecule has 0 N–H and O–H groups in total. The van der Waals surface area contributed by atoms with Crippen LogP contribution in [-0.2, 0) is 45.2 Å². The van der Waals surface area contributed by atoms with E-state index in [1.165, 1.54) is 0 Å². The summed E-state index contributed by atoms with van der Waals surface area (Å²) in [6.07, 6.45) is -11.3. The van der Waals surface area contributed by atoms with Crippen LogP contribution in [0.2, 0.25) is 0 Å². The van der Waals surface area contributed by atoms with Gasteiger partial charge in [-0.05, 0) is 0 Å². The molecule has 0 atom stereocenters. The first kappa shape index (κ1) is 33.6. The summed E-state index contributed by atoms with van der Waals surface area (Å²) in [5.74, 6) is -19.1. The molecule has 2 aromatic rings. The van der Waals surface area contributed by atoms with Crippen LogP contribution in [-0.4, -0.2) is 21.5 Å². The molecule has 0 bridgehead atoms. The second-order valence-electron chi connectivity index (χ2n) is 7.65. The van der Waals surface area contributed by atoms with Crippen molar-refractivity contribution in [1.82, 2.24) is 9.97 Å². The van der Waals surface area contributed by atoms with Crippen LogP contribution < -0.4 is 0 Å². The van der Waals surface area contributed by atoms with Gasteiger partial charge in [0.2, 0.25) is 0 Å². The standard InChI is InChI=1S/2C11H7F6NO2.Cu/c2*1-3(19)5(4(2)20)6-7(12)9(11(15,16)17)18-10(14)8(6)13;/h2*19H,1-2H3;/q;;+2/p-2/b2*5-3+;. The van der Waals surface area contributed by atoms with E-state index in [-0.39, 0.29) is 15.6 Å². The monoisotopic (exact) mass is 659 g/mol. The first-order valence-electron chi connectivity index (χ1n) is 10.2. The Balaban J connectivity index is 2.60. The number of hydrogen-bond donors (Lipinski definition) is 0. The van der Waals surface area contributed by atoms with Gasteiger partial charge in [0.1, 0.15) is 0 Å². The maximum atomic E-state index is 14.5. The van der Waals surface area contributed by atoms with Gasteiger partial charge in [-0.2, -0.15) is 0 Å². The van der Waals surface area contributed by atoms with E-state index in [1.54, 1.807) is 0 Å². The summed E-state index contributed by atoms with van der Waals surface area (Å²) in [4.78, 5) is 28.4. The van der Waals surface area contributed by atoms with E-state index in [0.717, 1.165) is 13.8 Å². The fourth-order valence-corrected chi connectivity index (χ4v) is 3.66. The fourth-order valence-electron chi connectivity index (χ4n) is 3.19. The van der Waals surface area contributed by atoms with E-state index in [1.807, 2.05) is 0 Å². The summed E-state index contributed by atoms with van der Waals surface area (Å²) in [7, 11) is 0. The number of aromatic nitrogens is 2. The van der Waals surface area contributed by atoms with Gasteiger partial charge in [-0.1, -0.05) is 0 Å². The third-order valence-corrected chi connectivity index (χ3v) is 5.49. The molecule has 0 spiro atoms. The number of pyridine rings is 2. The molecule has 19 heteroatoms. The van der Waals surface area contributed by atoms with Crippen molar-refractivity contribution in [3.8, 4) is 0 Å². The van der Waals surface area contributed by atoms with Gasteiger partial charge < -0.3 is 0 Å². The molecule has 0 unspecified atom stereocenters. The third-order valence-electron chi connectivity index (χ3n) is 4.76. The van der Waals surface area contributed by atoms with Gasteiger partial charge in [-0.3, -0.25) is 0 Å². The molecule has 2 heterocycles. The van der Waals surface area contributed by atoms with Crippen molar-refractivity contribution in [2.45, 2.75) is 40.0 Å². The van der Waals surface area contributed by atoms with E-state index in [9.17, 15) is 62.3 Å². The molecule has 0 radical (unpaired) electrons. The van der Waals surface area contributed by atoms with Gasteiger partial charge in [-0.25, -0.2) is 0 Å². The van der Waals surface area contributed by atoms with Gasteiger partial charge in [0.25, 0.3) is 0 Å². The normalized spacial score (nSPS) is 13.6. The predicted octanol–water partition coefficient (Wildman–Crippen LogP) is 6.63. The molecule has 0 aliphatic heterocycles. The number of nitrogens with zero attached hydrogens (tertiary/aromatic N) is 2. The van der Waals surface area contributed by atoms with Crippen LogP contribution in [0.15, 0.2) is 11.5 Å². The maximum absolute atomic E-state index is 14.5. The van der Waals surface area contributed by atoms with Crippen LogP contribution in [0.4, 0.5) is 52.7 Å². The van der Waals surface area contributed by atoms with Crippen LogP contribution in [0.5, 0.6) is 0 Å². The summed E-state index contributed by atoms with van der Waals surface area (Å²) in [5.41, 5.74) is -11.3. The van der Waals surface area contributed by atoms with E-state index in [4.69, 9.17) is 7.64 Å². The van der Waals surface area contributed by atoms with Crippen LogP contribution in [0.25, 0.3) is 11.1 Å². The zero-order chi connectivity index (χ0) is 31.8. The first-order valence-corrected chi connectivity index (χ1v) is 11.0. The molecule has 0 aromatic carbocycles. The van der Waals surface area contributed by atoms with Gasteiger partial charge in [-0.15, -0.1) is 0 Å². The average Bonchev–Trinajstić information content (AvgIpc) is 2.81. The number of rotatable bonds is 8. The minimum atomic E-state index is -5.63. The zero-order valence-corrected chi connectivity index (χ0v) is 21.3. The third kappa shape index (κ3) is 7.01. The number of Topliss-reactive ketones (excluding diaryl/α,β-unsaturated/α-hetero) is 2. The van der Waals surface area contributed by atoms with Crippen molar-refractivity contribution >= 4 is 22.7 Å². The average molecular weight is 660 g/mol. The molecule has 6 nitrogen and oxygen atoms in total. The quantitative estimate of drug-likeness (QED) is 0.104. The Kier molecular flexibility index (Phi) is 9.92. The number of carbonyl (C=O) groups excluding carboxylic acids is 2. The summed E-state index contributed by atoms with van der Waals surface area (Å²) < 4.78 is 173. The molecule has 0 saturated heterocycles. The number of halogens is 12. The topological polar surface area (TPSA) is 78.4 Å². The van der Waals surface area contributed by atoms with Crippen molar-refractivity contribution < 1.29 is 85.5 Å². The van der Waals surface area contributed by atoms with Crippen molar-refractivity contribution in [3.63, 3.8) is 0 Å². The number of hydrogen-bond acceptors (Lipinski definition) is 6. The molecule has 0 fully saturated rings. The molecule has 0 saturated carbocycles. The molecule has 2 rings (SSSR count). The molecule has 2 aromatic heterocycles. The zero-order valence-electron chi connectivity index (χ0n) is 20.4. The molecule has 229 valence electrons. The molecule has 0 amide bonds. The fraction of sp³-hybridized carbons (Fsp3) is 0.273. The Bertz CT molecular complexity index is 1370. The van der Waals surface area contributed by atoms with E-state index in [2.05, 4.69) is 9.97 Å². The Hall–Kier alpha value is -3.60. The van der Waals surface area contributed by atoms with Crippen LogP contribution in [0.3, 0.4) is 0 Å². The summed E-state index contributed by atoms with van der Waals surface area (Å²) >= 11 is -0.260. The van der Waals surface area contributed by atoms with Crippen molar-refractivity contribution in [2.75, 3.05) is 0 Å². The summed E-state index contributed by atoms with van der Waals surface area (Å²) in [6, 6.07) is 0. The summed E-state index contributed by atoms with van der Waals surface area (Å²) in [5, 5.41) is 0. The summed E-state index contributed by atoms with van der Waals surface area (Å²) in [6.45, 7) is 2.65. The van der Waals surface area contributed by atoms with Crippen molar-refractivity contribution in [3.05, 3.63) is 69.2 Å². The Morgan fingerprint density at radius 3 is 1.12 bits per heavy atom. The second-order valence-corrected chi connectivity index (χ2v) is 8.19. The first-order chi connectivity index (χ1) is 18.6. The predicted molar refractivity (Wildman–Crippen MR) is 107 cm³/mol.